The van der Waals surface area contributed by atoms with Gasteiger partial charge in [-0.2, -0.15) is 8.42 Å². The highest BCUT2D eigenvalue weighted by molar-refractivity contribution is 7.85. The summed E-state index contributed by atoms with van der Waals surface area (Å²) in [5.74, 6) is 0. The molecule has 0 aromatic carbocycles. The maximum absolute atomic E-state index is 10.9. The molecule has 0 aromatic heterocycles. The Bertz CT molecular complexity index is 342. The van der Waals surface area contributed by atoms with Gasteiger partial charge in [-0.05, 0) is 25.7 Å². The third kappa shape index (κ3) is 9.41. The van der Waals surface area contributed by atoms with E-state index in [-0.39, 0.29) is 12.2 Å². The summed E-state index contributed by atoms with van der Waals surface area (Å²) < 4.78 is 32.4. The normalized spacial score (nSPS) is 13.8. The van der Waals surface area contributed by atoms with Crippen molar-refractivity contribution >= 4 is 10.1 Å². The fourth-order valence-corrected chi connectivity index (χ4v) is 2.07. The van der Waals surface area contributed by atoms with Gasteiger partial charge >= 0.3 is 0 Å². The highest BCUT2D eigenvalue weighted by Crippen LogP contribution is 2.30. The van der Waals surface area contributed by atoms with Gasteiger partial charge in [0.05, 0.1) is 18.5 Å². The van der Waals surface area contributed by atoms with E-state index in [1.165, 1.54) is 0 Å². The van der Waals surface area contributed by atoms with Gasteiger partial charge in [-0.1, -0.05) is 33.6 Å². The predicted molar refractivity (Wildman–Crippen MR) is 78.7 cm³/mol. The van der Waals surface area contributed by atoms with Crippen LogP contribution in [0.2, 0.25) is 0 Å². The van der Waals surface area contributed by atoms with Crippen LogP contribution < -0.4 is 0 Å². The van der Waals surface area contributed by atoms with E-state index in [9.17, 15) is 8.42 Å². The molecule has 116 valence electrons. The molecule has 0 N–H and O–H groups in total. The monoisotopic (exact) mass is 294 g/mol. The lowest BCUT2D eigenvalue weighted by atomic mass is 9.82. The molecular formula is C14H30O4S. The Labute approximate surface area is 119 Å². The molecule has 0 saturated carbocycles. The van der Waals surface area contributed by atoms with Crippen molar-refractivity contribution in [2.24, 2.45) is 5.41 Å². The zero-order valence-electron chi connectivity index (χ0n) is 13.3. The largest absolute Gasteiger partial charge is 0.375 e. The summed E-state index contributed by atoms with van der Waals surface area (Å²) in [5, 5.41) is 0. The molecule has 0 spiro atoms. The minimum atomic E-state index is -3.35. The van der Waals surface area contributed by atoms with E-state index in [0.29, 0.717) is 18.4 Å². The van der Waals surface area contributed by atoms with Crippen LogP contribution in [-0.4, -0.2) is 33.5 Å². The summed E-state index contributed by atoms with van der Waals surface area (Å²) in [6.07, 6.45) is 4.94. The maximum atomic E-state index is 10.9. The molecule has 0 aromatic rings. The molecule has 0 unspecified atom stereocenters. The summed E-state index contributed by atoms with van der Waals surface area (Å²) in [6, 6.07) is 0. The Balaban J connectivity index is 4.03. The lowest BCUT2D eigenvalue weighted by Crippen LogP contribution is -2.29. The van der Waals surface area contributed by atoms with Crippen LogP contribution >= 0.6 is 0 Å². The highest BCUT2D eigenvalue weighted by Gasteiger charge is 2.23. The lowest BCUT2D eigenvalue weighted by molar-refractivity contribution is -0.0421. The molecule has 0 aliphatic carbocycles. The average Bonchev–Trinajstić information content (AvgIpc) is 2.26. The molecular weight excluding hydrogens is 264 g/mol. The molecule has 0 heterocycles. The molecule has 0 rings (SSSR count). The molecule has 0 radical (unpaired) electrons. The van der Waals surface area contributed by atoms with Crippen LogP contribution in [0, 0.1) is 5.41 Å². The summed E-state index contributed by atoms with van der Waals surface area (Å²) in [6.45, 7) is 11.5. The van der Waals surface area contributed by atoms with Gasteiger partial charge < -0.3 is 4.74 Å². The molecule has 0 amide bonds. The van der Waals surface area contributed by atoms with Crippen molar-refractivity contribution in [3.8, 4) is 0 Å². The molecule has 0 fully saturated rings. The van der Waals surface area contributed by atoms with E-state index >= 15 is 0 Å². The second kappa shape index (κ2) is 7.60. The SMILES string of the molecule is CCC(C)(CC)CCOC(C)(C)CCOS(C)(=O)=O. The Morgan fingerprint density at radius 3 is 1.89 bits per heavy atom. The van der Waals surface area contributed by atoms with Gasteiger partial charge in [0.25, 0.3) is 10.1 Å². The highest BCUT2D eigenvalue weighted by atomic mass is 32.2. The smallest absolute Gasteiger partial charge is 0.264 e. The standard InChI is InChI=1S/C14H30O4S/c1-7-14(5,8-2)10-11-17-13(3,4)9-12-18-19(6,15)16/h7-12H2,1-6H3. The molecule has 5 heteroatoms. The zero-order valence-corrected chi connectivity index (χ0v) is 14.1. The van der Waals surface area contributed by atoms with Crippen molar-refractivity contribution in [3.63, 3.8) is 0 Å². The van der Waals surface area contributed by atoms with Crippen molar-refractivity contribution in [1.29, 1.82) is 0 Å². The van der Waals surface area contributed by atoms with E-state index in [1.807, 2.05) is 13.8 Å². The molecule has 19 heavy (non-hydrogen) atoms. The minimum absolute atomic E-state index is 0.171. The zero-order chi connectivity index (χ0) is 15.2. The first-order valence-corrected chi connectivity index (χ1v) is 8.83. The van der Waals surface area contributed by atoms with Crippen LogP contribution in [0.4, 0.5) is 0 Å². The third-order valence-corrected chi connectivity index (χ3v) is 4.50. The van der Waals surface area contributed by atoms with Gasteiger partial charge in [0, 0.05) is 13.0 Å². The fraction of sp³-hybridized carbons (Fsp3) is 1.00. The van der Waals surface area contributed by atoms with E-state index in [4.69, 9.17) is 8.92 Å². The predicted octanol–water partition coefficient (Wildman–Crippen LogP) is 3.36. The molecule has 0 saturated heterocycles. The van der Waals surface area contributed by atoms with Crippen molar-refractivity contribution in [2.75, 3.05) is 19.5 Å². The Kier molecular flexibility index (Phi) is 7.55. The number of rotatable bonds is 10. The van der Waals surface area contributed by atoms with E-state index in [0.717, 1.165) is 25.5 Å². The first kappa shape index (κ1) is 18.9. The van der Waals surface area contributed by atoms with Crippen molar-refractivity contribution in [2.45, 2.75) is 65.9 Å². The second-order valence-corrected chi connectivity index (χ2v) is 7.80. The average molecular weight is 294 g/mol. The van der Waals surface area contributed by atoms with Crippen molar-refractivity contribution in [3.05, 3.63) is 0 Å². The lowest BCUT2D eigenvalue weighted by Gasteiger charge is -2.30. The maximum Gasteiger partial charge on any atom is 0.264 e. The van der Waals surface area contributed by atoms with Crippen LogP contribution in [0.5, 0.6) is 0 Å². The number of hydrogen-bond donors (Lipinski definition) is 0. The third-order valence-electron chi connectivity index (χ3n) is 3.91. The first-order chi connectivity index (χ1) is 8.54. The van der Waals surface area contributed by atoms with E-state index in [1.54, 1.807) is 0 Å². The molecule has 4 nitrogen and oxygen atoms in total. The Hall–Kier alpha value is -0.130. The van der Waals surface area contributed by atoms with Crippen LogP contribution in [0.1, 0.15) is 60.3 Å². The summed E-state index contributed by atoms with van der Waals surface area (Å²) in [5.41, 5.74) is -0.0214. The number of hydrogen-bond acceptors (Lipinski definition) is 4. The van der Waals surface area contributed by atoms with Crippen molar-refractivity contribution in [1.82, 2.24) is 0 Å². The van der Waals surface area contributed by atoms with E-state index in [2.05, 4.69) is 20.8 Å². The molecule has 0 bridgehead atoms. The van der Waals surface area contributed by atoms with Gasteiger partial charge in [0.2, 0.25) is 0 Å². The topological polar surface area (TPSA) is 52.6 Å². The molecule has 0 aliphatic heterocycles. The van der Waals surface area contributed by atoms with Crippen molar-refractivity contribution < 1.29 is 17.3 Å². The van der Waals surface area contributed by atoms with Gasteiger partial charge in [-0.3, -0.25) is 4.18 Å². The number of ether oxygens (including phenoxy) is 1. The summed E-state index contributed by atoms with van der Waals surface area (Å²) in [4.78, 5) is 0. The quantitative estimate of drug-likeness (QED) is 0.580. The molecule has 0 atom stereocenters. The Morgan fingerprint density at radius 2 is 1.47 bits per heavy atom. The fourth-order valence-electron chi connectivity index (χ4n) is 1.69. The summed E-state index contributed by atoms with van der Waals surface area (Å²) >= 11 is 0. The van der Waals surface area contributed by atoms with Gasteiger partial charge in [-0.25, -0.2) is 0 Å². The van der Waals surface area contributed by atoms with Gasteiger partial charge in [0.15, 0.2) is 0 Å². The van der Waals surface area contributed by atoms with Crippen LogP contribution in [0.15, 0.2) is 0 Å². The van der Waals surface area contributed by atoms with Gasteiger partial charge in [0.1, 0.15) is 0 Å². The van der Waals surface area contributed by atoms with Crippen LogP contribution in [0.25, 0.3) is 0 Å². The van der Waals surface area contributed by atoms with Crippen LogP contribution in [-0.2, 0) is 19.0 Å². The minimum Gasteiger partial charge on any atom is -0.375 e. The van der Waals surface area contributed by atoms with Gasteiger partial charge in [-0.15, -0.1) is 0 Å². The van der Waals surface area contributed by atoms with E-state index < -0.39 is 10.1 Å². The summed E-state index contributed by atoms with van der Waals surface area (Å²) in [7, 11) is -3.35. The first-order valence-electron chi connectivity index (χ1n) is 7.02. The Morgan fingerprint density at radius 1 is 0.947 bits per heavy atom. The van der Waals surface area contributed by atoms with Crippen LogP contribution in [0.3, 0.4) is 0 Å². The second-order valence-electron chi connectivity index (χ2n) is 6.15. The molecule has 0 aliphatic rings.